The number of fused-ring (bicyclic) bond motifs is 1. The lowest BCUT2D eigenvalue weighted by molar-refractivity contribution is -0.137. The molecule has 24 heavy (non-hydrogen) atoms. The number of urea groups is 1. The number of alkyl halides is 3. The first-order valence-electron chi connectivity index (χ1n) is 7.37. The number of ether oxygens (including phenoxy) is 1. The first-order chi connectivity index (χ1) is 11.4. The maximum atomic E-state index is 12.5. The zero-order valence-electron chi connectivity index (χ0n) is 12.6. The molecular weight excluding hydrogens is 321 g/mol. The number of carbonyl (C=O) groups excluding carboxylic acids is 1. The summed E-state index contributed by atoms with van der Waals surface area (Å²) >= 11 is 0. The Kier molecular flexibility index (Phi) is 4.33. The maximum Gasteiger partial charge on any atom is 0.416 e. The third-order valence-electron chi connectivity index (χ3n) is 3.78. The number of hydrogen-bond acceptors (Lipinski definition) is 2. The van der Waals surface area contributed by atoms with Crippen LogP contribution in [-0.2, 0) is 6.18 Å². The SMILES string of the molecule is O=C(NC[C@H]1COc2ccccc21)Nc1ccc(C(F)(F)F)cc1. The largest absolute Gasteiger partial charge is 0.493 e. The Morgan fingerprint density at radius 3 is 2.54 bits per heavy atom. The van der Waals surface area contributed by atoms with Gasteiger partial charge in [-0.15, -0.1) is 0 Å². The van der Waals surface area contributed by atoms with Crippen LogP contribution in [-0.4, -0.2) is 19.2 Å². The monoisotopic (exact) mass is 336 g/mol. The summed E-state index contributed by atoms with van der Waals surface area (Å²) in [6, 6.07) is 11.4. The summed E-state index contributed by atoms with van der Waals surface area (Å²) in [6.07, 6.45) is -4.39. The summed E-state index contributed by atoms with van der Waals surface area (Å²) in [6.45, 7) is 0.864. The van der Waals surface area contributed by atoms with E-state index in [2.05, 4.69) is 10.6 Å². The number of carbonyl (C=O) groups is 1. The number of anilines is 1. The number of benzene rings is 2. The highest BCUT2D eigenvalue weighted by atomic mass is 19.4. The highest BCUT2D eigenvalue weighted by Gasteiger charge is 2.30. The molecule has 2 aromatic rings. The summed E-state index contributed by atoms with van der Waals surface area (Å²) in [7, 11) is 0. The molecule has 4 nitrogen and oxygen atoms in total. The quantitative estimate of drug-likeness (QED) is 0.890. The molecule has 0 fully saturated rings. The fourth-order valence-electron chi connectivity index (χ4n) is 2.53. The zero-order chi connectivity index (χ0) is 17.2. The first-order valence-corrected chi connectivity index (χ1v) is 7.37. The van der Waals surface area contributed by atoms with Crippen LogP contribution < -0.4 is 15.4 Å². The molecule has 2 aromatic carbocycles. The molecule has 3 rings (SSSR count). The molecular formula is C17H15F3N2O2. The van der Waals surface area contributed by atoms with Gasteiger partial charge in [0.15, 0.2) is 0 Å². The van der Waals surface area contributed by atoms with Crippen LogP contribution in [0.4, 0.5) is 23.7 Å². The van der Waals surface area contributed by atoms with Crippen molar-refractivity contribution < 1.29 is 22.7 Å². The molecule has 7 heteroatoms. The zero-order valence-corrected chi connectivity index (χ0v) is 12.6. The van der Waals surface area contributed by atoms with E-state index in [0.717, 1.165) is 23.4 Å². The van der Waals surface area contributed by atoms with E-state index < -0.39 is 17.8 Å². The molecule has 0 unspecified atom stereocenters. The molecule has 1 atom stereocenters. The second kappa shape index (κ2) is 6.43. The van der Waals surface area contributed by atoms with Gasteiger partial charge in [0.25, 0.3) is 0 Å². The van der Waals surface area contributed by atoms with Crippen molar-refractivity contribution in [2.45, 2.75) is 12.1 Å². The predicted molar refractivity (Wildman–Crippen MR) is 83.1 cm³/mol. The summed E-state index contributed by atoms with van der Waals surface area (Å²) in [5.41, 5.74) is 0.573. The number of para-hydroxylation sites is 1. The minimum Gasteiger partial charge on any atom is -0.493 e. The average Bonchev–Trinajstić information content (AvgIpc) is 2.96. The predicted octanol–water partition coefficient (Wildman–Crippen LogP) is 4.00. The van der Waals surface area contributed by atoms with Gasteiger partial charge in [-0.1, -0.05) is 18.2 Å². The normalized spacial score (nSPS) is 16.2. The Morgan fingerprint density at radius 1 is 1.12 bits per heavy atom. The Morgan fingerprint density at radius 2 is 1.83 bits per heavy atom. The van der Waals surface area contributed by atoms with E-state index in [-0.39, 0.29) is 5.92 Å². The number of halogens is 3. The van der Waals surface area contributed by atoms with Gasteiger partial charge in [-0.05, 0) is 30.3 Å². The third-order valence-corrected chi connectivity index (χ3v) is 3.78. The number of rotatable bonds is 3. The molecule has 1 heterocycles. The molecule has 0 aliphatic carbocycles. The minimum atomic E-state index is -4.39. The van der Waals surface area contributed by atoms with Gasteiger partial charge in [0, 0.05) is 23.7 Å². The molecule has 0 bridgehead atoms. The minimum absolute atomic E-state index is 0.0551. The van der Waals surface area contributed by atoms with E-state index in [9.17, 15) is 18.0 Å². The van der Waals surface area contributed by atoms with E-state index >= 15 is 0 Å². The fourth-order valence-corrected chi connectivity index (χ4v) is 2.53. The van der Waals surface area contributed by atoms with Crippen molar-refractivity contribution in [3.63, 3.8) is 0 Å². The Hall–Kier alpha value is -2.70. The van der Waals surface area contributed by atoms with Crippen LogP contribution in [0, 0.1) is 0 Å². The lowest BCUT2D eigenvalue weighted by Crippen LogP contribution is -2.32. The van der Waals surface area contributed by atoms with E-state index in [4.69, 9.17) is 4.74 Å². The van der Waals surface area contributed by atoms with Crippen molar-refractivity contribution in [1.29, 1.82) is 0 Å². The molecule has 0 aromatic heterocycles. The lowest BCUT2D eigenvalue weighted by Gasteiger charge is -2.12. The smallest absolute Gasteiger partial charge is 0.416 e. The van der Waals surface area contributed by atoms with Crippen LogP contribution >= 0.6 is 0 Å². The van der Waals surface area contributed by atoms with Gasteiger partial charge < -0.3 is 15.4 Å². The molecule has 0 saturated carbocycles. The molecule has 2 N–H and O–H groups in total. The van der Waals surface area contributed by atoms with Crippen LogP contribution in [0.5, 0.6) is 5.75 Å². The molecule has 1 aliphatic rings. The van der Waals surface area contributed by atoms with Gasteiger partial charge in [-0.25, -0.2) is 4.79 Å². The second-order valence-electron chi connectivity index (χ2n) is 5.46. The van der Waals surface area contributed by atoms with Gasteiger partial charge in [0.2, 0.25) is 0 Å². The van der Waals surface area contributed by atoms with Crippen molar-refractivity contribution in [2.24, 2.45) is 0 Å². The summed E-state index contributed by atoms with van der Waals surface area (Å²) < 4.78 is 43.0. The molecule has 0 radical (unpaired) electrons. The van der Waals surface area contributed by atoms with Crippen molar-refractivity contribution in [3.05, 3.63) is 59.7 Å². The van der Waals surface area contributed by atoms with Gasteiger partial charge >= 0.3 is 12.2 Å². The third kappa shape index (κ3) is 3.61. The molecule has 126 valence electrons. The maximum absolute atomic E-state index is 12.5. The number of hydrogen-bond donors (Lipinski definition) is 2. The second-order valence-corrected chi connectivity index (χ2v) is 5.46. The number of nitrogens with one attached hydrogen (secondary N) is 2. The van der Waals surface area contributed by atoms with Crippen molar-refractivity contribution in [2.75, 3.05) is 18.5 Å². The van der Waals surface area contributed by atoms with Gasteiger partial charge in [0.1, 0.15) is 5.75 Å². The van der Waals surface area contributed by atoms with E-state index in [0.29, 0.717) is 18.8 Å². The van der Waals surface area contributed by atoms with Crippen molar-refractivity contribution in [1.82, 2.24) is 5.32 Å². The van der Waals surface area contributed by atoms with Crippen LogP contribution in [0.15, 0.2) is 48.5 Å². The summed E-state index contributed by atoms with van der Waals surface area (Å²) in [5, 5.41) is 5.22. The highest BCUT2D eigenvalue weighted by Crippen LogP contribution is 2.33. The Balaban J connectivity index is 1.53. The van der Waals surface area contributed by atoms with Gasteiger partial charge in [-0.2, -0.15) is 13.2 Å². The Bertz CT molecular complexity index is 729. The van der Waals surface area contributed by atoms with E-state index in [1.54, 1.807) is 0 Å². The topological polar surface area (TPSA) is 50.4 Å². The van der Waals surface area contributed by atoms with Crippen LogP contribution in [0.2, 0.25) is 0 Å². The standard InChI is InChI=1S/C17H15F3N2O2/c18-17(19,20)12-5-7-13(8-6-12)22-16(23)21-9-11-10-24-15-4-2-1-3-14(11)15/h1-8,11H,9-10H2,(H2,21,22,23)/t11-/m0/s1. The van der Waals surface area contributed by atoms with Crippen molar-refractivity contribution >= 4 is 11.7 Å². The fraction of sp³-hybridized carbons (Fsp3) is 0.235. The Labute approximate surface area is 136 Å². The van der Waals surface area contributed by atoms with Crippen molar-refractivity contribution in [3.8, 4) is 5.75 Å². The molecule has 0 saturated heterocycles. The van der Waals surface area contributed by atoms with Crippen LogP contribution in [0.1, 0.15) is 17.0 Å². The van der Waals surface area contributed by atoms with Gasteiger partial charge in [0.05, 0.1) is 12.2 Å². The van der Waals surface area contributed by atoms with Crippen LogP contribution in [0.3, 0.4) is 0 Å². The van der Waals surface area contributed by atoms with E-state index in [1.165, 1.54) is 12.1 Å². The summed E-state index contributed by atoms with van der Waals surface area (Å²) in [5.74, 6) is 0.868. The van der Waals surface area contributed by atoms with E-state index in [1.807, 2.05) is 24.3 Å². The molecule has 2 amide bonds. The molecule has 0 spiro atoms. The van der Waals surface area contributed by atoms with Gasteiger partial charge in [-0.3, -0.25) is 0 Å². The van der Waals surface area contributed by atoms with Crippen LogP contribution in [0.25, 0.3) is 0 Å². The lowest BCUT2D eigenvalue weighted by atomic mass is 10.0. The molecule has 1 aliphatic heterocycles. The highest BCUT2D eigenvalue weighted by molar-refractivity contribution is 5.89. The average molecular weight is 336 g/mol. The first kappa shape index (κ1) is 16.2. The summed E-state index contributed by atoms with van der Waals surface area (Å²) in [4.78, 5) is 11.9. The number of amides is 2.